The van der Waals surface area contributed by atoms with Crippen LogP contribution in [-0.2, 0) is 6.54 Å². The van der Waals surface area contributed by atoms with Gasteiger partial charge in [-0.1, -0.05) is 0 Å². The molecule has 0 aliphatic rings. The van der Waals surface area contributed by atoms with Crippen LogP contribution >= 0.6 is 0 Å². The molecule has 0 saturated heterocycles. The molecule has 0 aliphatic heterocycles. The van der Waals surface area contributed by atoms with Crippen molar-refractivity contribution in [2.24, 2.45) is 0 Å². The molecule has 1 N–H and O–H groups in total. The van der Waals surface area contributed by atoms with Crippen LogP contribution in [0.3, 0.4) is 0 Å². The van der Waals surface area contributed by atoms with Gasteiger partial charge in [0, 0.05) is 17.9 Å². The van der Waals surface area contributed by atoms with Gasteiger partial charge in [0.1, 0.15) is 0 Å². The first-order valence-electron chi connectivity index (χ1n) is 3.81. The van der Waals surface area contributed by atoms with Crippen LogP contribution in [0.5, 0.6) is 0 Å². The molecule has 1 aromatic heterocycles. The van der Waals surface area contributed by atoms with Crippen molar-refractivity contribution in [3.8, 4) is 0 Å². The van der Waals surface area contributed by atoms with Gasteiger partial charge in [0.15, 0.2) is 0 Å². The quantitative estimate of drug-likeness (QED) is 0.689. The number of hydrogen-bond acceptors (Lipinski definition) is 2. The molecule has 1 rings (SSSR count). The van der Waals surface area contributed by atoms with Crippen molar-refractivity contribution in [2.45, 2.75) is 20.4 Å². The Hall–Kier alpha value is -0.890. The number of pyridine rings is 1. The highest BCUT2D eigenvalue weighted by atomic mass is 14.8. The van der Waals surface area contributed by atoms with Crippen LogP contribution in [0.4, 0.5) is 0 Å². The Kier molecular flexibility index (Phi) is 2.60. The molecular weight excluding hydrogens is 136 g/mol. The van der Waals surface area contributed by atoms with Crippen molar-refractivity contribution < 1.29 is 0 Å². The van der Waals surface area contributed by atoms with E-state index in [1.165, 1.54) is 5.56 Å². The Balaban J connectivity index is 2.89. The van der Waals surface area contributed by atoms with E-state index >= 15 is 0 Å². The lowest BCUT2D eigenvalue weighted by molar-refractivity contribution is 0.812. The van der Waals surface area contributed by atoms with Gasteiger partial charge in [0.05, 0.1) is 0 Å². The lowest BCUT2D eigenvalue weighted by Crippen LogP contribution is -2.05. The van der Waals surface area contributed by atoms with Crippen LogP contribution in [0.25, 0.3) is 0 Å². The molecule has 1 heterocycles. The van der Waals surface area contributed by atoms with E-state index in [4.69, 9.17) is 0 Å². The van der Waals surface area contributed by atoms with E-state index in [1.54, 1.807) is 0 Å². The molecule has 0 radical (unpaired) electrons. The minimum atomic E-state index is 0.921. The third-order valence-electron chi connectivity index (χ3n) is 1.52. The zero-order chi connectivity index (χ0) is 8.27. The third-order valence-corrected chi connectivity index (χ3v) is 1.52. The molecule has 0 atom stereocenters. The van der Waals surface area contributed by atoms with Crippen molar-refractivity contribution in [1.82, 2.24) is 10.3 Å². The molecule has 1 aromatic rings. The highest BCUT2D eigenvalue weighted by molar-refractivity contribution is 5.19. The Morgan fingerprint density at radius 2 is 1.82 bits per heavy atom. The van der Waals surface area contributed by atoms with E-state index < -0.39 is 0 Å². The first-order valence-corrected chi connectivity index (χ1v) is 3.81. The van der Waals surface area contributed by atoms with Gasteiger partial charge in [-0.3, -0.25) is 4.98 Å². The molecule has 11 heavy (non-hydrogen) atoms. The molecule has 0 aromatic carbocycles. The van der Waals surface area contributed by atoms with E-state index in [2.05, 4.69) is 22.4 Å². The second kappa shape index (κ2) is 3.49. The Morgan fingerprint density at radius 3 is 2.27 bits per heavy atom. The van der Waals surface area contributed by atoms with Crippen molar-refractivity contribution >= 4 is 0 Å². The molecule has 0 spiro atoms. The normalized spacial score (nSPS) is 10.1. The molecule has 2 nitrogen and oxygen atoms in total. The fourth-order valence-corrected chi connectivity index (χ4v) is 1.23. The van der Waals surface area contributed by atoms with Crippen LogP contribution < -0.4 is 5.32 Å². The molecule has 0 fully saturated rings. The molecule has 60 valence electrons. The Bertz CT molecular complexity index is 223. The molecule has 0 unspecified atom stereocenters. The average molecular weight is 150 g/mol. The van der Waals surface area contributed by atoms with Crippen molar-refractivity contribution in [3.63, 3.8) is 0 Å². The summed E-state index contributed by atoms with van der Waals surface area (Å²) < 4.78 is 0. The van der Waals surface area contributed by atoms with Gasteiger partial charge in [-0.2, -0.15) is 0 Å². The largest absolute Gasteiger partial charge is 0.316 e. The molecular formula is C9H14N2. The standard InChI is InChI=1S/C9H14N2/c1-7-4-9(6-10-3)5-8(2)11-7/h4-5,10H,6H2,1-3H3. The summed E-state index contributed by atoms with van der Waals surface area (Å²) in [6, 6.07) is 4.20. The number of aryl methyl sites for hydroxylation is 2. The number of nitrogens with zero attached hydrogens (tertiary/aromatic N) is 1. The van der Waals surface area contributed by atoms with Gasteiger partial charge in [-0.05, 0) is 38.6 Å². The topological polar surface area (TPSA) is 24.9 Å². The zero-order valence-corrected chi connectivity index (χ0v) is 7.31. The van der Waals surface area contributed by atoms with Gasteiger partial charge in [-0.15, -0.1) is 0 Å². The highest BCUT2D eigenvalue weighted by Crippen LogP contribution is 2.03. The average Bonchev–Trinajstić information content (AvgIpc) is 1.85. The minimum Gasteiger partial charge on any atom is -0.316 e. The van der Waals surface area contributed by atoms with Crippen molar-refractivity contribution in [1.29, 1.82) is 0 Å². The van der Waals surface area contributed by atoms with Gasteiger partial charge in [0.25, 0.3) is 0 Å². The second-order valence-electron chi connectivity index (χ2n) is 2.79. The summed E-state index contributed by atoms with van der Waals surface area (Å²) in [6.07, 6.45) is 0. The minimum absolute atomic E-state index is 0.921. The summed E-state index contributed by atoms with van der Waals surface area (Å²) in [6.45, 7) is 4.96. The van der Waals surface area contributed by atoms with Gasteiger partial charge >= 0.3 is 0 Å². The summed E-state index contributed by atoms with van der Waals surface area (Å²) >= 11 is 0. The zero-order valence-electron chi connectivity index (χ0n) is 7.31. The Morgan fingerprint density at radius 1 is 1.27 bits per heavy atom. The van der Waals surface area contributed by atoms with Gasteiger partial charge in [-0.25, -0.2) is 0 Å². The summed E-state index contributed by atoms with van der Waals surface area (Å²) in [7, 11) is 1.95. The maximum Gasteiger partial charge on any atom is 0.0379 e. The summed E-state index contributed by atoms with van der Waals surface area (Å²) in [5.41, 5.74) is 3.49. The van der Waals surface area contributed by atoms with E-state index in [0.717, 1.165) is 17.9 Å². The SMILES string of the molecule is CNCc1cc(C)nc(C)c1. The highest BCUT2D eigenvalue weighted by Gasteiger charge is 1.94. The number of hydrogen-bond donors (Lipinski definition) is 1. The van der Waals surface area contributed by atoms with Crippen molar-refractivity contribution in [2.75, 3.05) is 7.05 Å². The summed E-state index contributed by atoms with van der Waals surface area (Å²) in [5, 5.41) is 3.11. The monoisotopic (exact) mass is 150 g/mol. The van der Waals surface area contributed by atoms with Crippen LogP contribution in [-0.4, -0.2) is 12.0 Å². The molecule has 0 amide bonds. The van der Waals surface area contributed by atoms with E-state index in [9.17, 15) is 0 Å². The fraction of sp³-hybridized carbons (Fsp3) is 0.444. The maximum atomic E-state index is 4.29. The van der Waals surface area contributed by atoms with Crippen LogP contribution in [0.2, 0.25) is 0 Å². The fourth-order valence-electron chi connectivity index (χ4n) is 1.23. The van der Waals surface area contributed by atoms with E-state index in [0.29, 0.717) is 0 Å². The molecule has 0 bridgehead atoms. The second-order valence-corrected chi connectivity index (χ2v) is 2.79. The summed E-state index contributed by atoms with van der Waals surface area (Å²) in [4.78, 5) is 4.29. The summed E-state index contributed by atoms with van der Waals surface area (Å²) in [5.74, 6) is 0. The van der Waals surface area contributed by atoms with Crippen LogP contribution in [0.1, 0.15) is 17.0 Å². The number of rotatable bonds is 2. The smallest absolute Gasteiger partial charge is 0.0379 e. The first kappa shape index (κ1) is 8.21. The third kappa shape index (κ3) is 2.31. The molecule has 0 aliphatic carbocycles. The predicted octanol–water partition coefficient (Wildman–Crippen LogP) is 1.42. The van der Waals surface area contributed by atoms with Gasteiger partial charge < -0.3 is 5.32 Å². The van der Waals surface area contributed by atoms with E-state index in [-0.39, 0.29) is 0 Å². The van der Waals surface area contributed by atoms with Crippen LogP contribution in [0.15, 0.2) is 12.1 Å². The van der Waals surface area contributed by atoms with Crippen LogP contribution in [0, 0.1) is 13.8 Å². The molecule has 2 heteroatoms. The van der Waals surface area contributed by atoms with Crippen molar-refractivity contribution in [3.05, 3.63) is 29.1 Å². The van der Waals surface area contributed by atoms with Gasteiger partial charge in [0.2, 0.25) is 0 Å². The Labute approximate surface area is 67.7 Å². The van der Waals surface area contributed by atoms with E-state index in [1.807, 2.05) is 20.9 Å². The maximum absolute atomic E-state index is 4.29. The lowest BCUT2D eigenvalue weighted by Gasteiger charge is -2.02. The predicted molar refractivity (Wildman–Crippen MR) is 46.5 cm³/mol. The number of nitrogens with one attached hydrogen (secondary N) is 1. The first-order chi connectivity index (χ1) is 5.22. The molecule has 0 saturated carbocycles. The number of aromatic nitrogens is 1. The lowest BCUT2D eigenvalue weighted by atomic mass is 10.2.